The summed E-state index contributed by atoms with van der Waals surface area (Å²) >= 11 is 5.82. The Hall–Kier alpha value is -11.6. The first-order valence-electron chi connectivity index (χ1n) is 39.2. The molecule has 0 radical (unpaired) electrons. The fourth-order valence-electron chi connectivity index (χ4n) is 15.5. The van der Waals surface area contributed by atoms with E-state index in [1.54, 1.807) is 0 Å². The minimum atomic E-state index is -7.22. The molecule has 0 saturated heterocycles. The van der Waals surface area contributed by atoms with Crippen molar-refractivity contribution in [3.8, 4) is 0 Å². The lowest BCUT2D eigenvalue weighted by molar-refractivity contribution is 0.377. The summed E-state index contributed by atoms with van der Waals surface area (Å²) in [6, 6.07) is 46.8. The fraction of sp³-hybridized carbons (Fsp3) is 0.130. The molecule has 139 heavy (non-hydrogen) atoms. The lowest BCUT2D eigenvalue weighted by atomic mass is 9.12. The average molecular weight is 2100 g/mol. The van der Waals surface area contributed by atoms with E-state index in [-0.39, 0.29) is 21.8 Å². The van der Waals surface area contributed by atoms with Crippen molar-refractivity contribution in [2.75, 3.05) is 0 Å². The van der Waals surface area contributed by atoms with E-state index in [0.717, 1.165) is 0 Å². The van der Waals surface area contributed by atoms with Crippen molar-refractivity contribution in [3.63, 3.8) is 0 Å². The summed E-state index contributed by atoms with van der Waals surface area (Å²) in [5.74, 6) is -141. The van der Waals surface area contributed by atoms with Gasteiger partial charge >= 0.3 is 0 Å². The van der Waals surface area contributed by atoms with Crippen molar-refractivity contribution >= 4 is 112 Å². The first-order chi connectivity index (χ1) is 65.0. The van der Waals surface area contributed by atoms with E-state index in [4.69, 9.17) is 0 Å². The third-order valence-corrected chi connectivity index (χ3v) is 30.8. The SMILES string of the molecule is CC(C)c1ccc([S+](c2ccc(C(C)C)cc2)c2ccc(Sc3ccc([S+](c4ccc(C(C)C)cc4)c4ccc(C(C)C)cc4)s3)s2)cc1.Fc1c(F)c(F)c([B-](c2c(F)c(F)c(F)c(F)c2F)(c2c(F)c(F)c(F)c(F)c2F)c2c(F)c(F)c(F)c(F)c2F)c(F)c1F.Fc1c(F)c(F)c([B-](c2c(F)c(F)c(F)c(F)c2F)(c2c(F)c(F)c(F)c(F)c2F)c2c(F)c(F)c(F)c(F)c2F)c(F)c1F. The molecular weight excluding hydrogens is 2050 g/mol. The molecule has 0 aliphatic heterocycles. The second kappa shape index (κ2) is 40.6. The summed E-state index contributed by atoms with van der Waals surface area (Å²) in [4.78, 5) is 5.54. The van der Waals surface area contributed by atoms with Crippen molar-refractivity contribution in [1.29, 1.82) is 0 Å². The first kappa shape index (κ1) is 106. The topological polar surface area (TPSA) is 0 Å². The van der Waals surface area contributed by atoms with E-state index in [9.17, 15) is 105 Å². The maximum atomic E-state index is 15.4. The Kier molecular flexibility index (Phi) is 31.0. The molecule has 0 bridgehead atoms. The van der Waals surface area contributed by atoms with Crippen LogP contribution in [0.15, 0.2) is 158 Å². The van der Waals surface area contributed by atoms with Crippen LogP contribution in [0.4, 0.5) is 176 Å². The van der Waals surface area contributed by atoms with Gasteiger partial charge in [-0.05, 0) is 107 Å². The highest BCUT2D eigenvalue weighted by Gasteiger charge is 2.56. The van der Waals surface area contributed by atoms with Gasteiger partial charge in [-0.2, -0.15) is 0 Å². The largest absolute Gasteiger partial charge is 0.221 e. The monoisotopic (exact) mass is 2090 g/mol. The van der Waals surface area contributed by atoms with Crippen LogP contribution in [0.5, 0.6) is 0 Å². The van der Waals surface area contributed by atoms with Crippen LogP contribution < -0.4 is 43.7 Å². The van der Waals surface area contributed by atoms with E-state index in [1.807, 2.05) is 34.4 Å². The van der Waals surface area contributed by atoms with Crippen molar-refractivity contribution in [3.05, 3.63) is 376 Å². The van der Waals surface area contributed by atoms with Gasteiger partial charge in [-0.25, -0.2) is 176 Å². The molecule has 0 nitrogen and oxygen atoms in total. The molecule has 0 fully saturated rings. The van der Waals surface area contributed by atoms with Crippen LogP contribution in [0.25, 0.3) is 0 Å². The highest BCUT2D eigenvalue weighted by Crippen LogP contribution is 2.47. The van der Waals surface area contributed by atoms with Crippen LogP contribution in [-0.2, 0) is 21.8 Å². The van der Waals surface area contributed by atoms with Gasteiger partial charge in [0, 0.05) is 12.1 Å². The quantitative estimate of drug-likeness (QED) is 0.0241. The maximum Gasteiger partial charge on any atom is 0.221 e. The molecule has 0 aliphatic rings. The Morgan fingerprint density at radius 3 is 0.396 bits per heavy atom. The second-order valence-electron chi connectivity index (χ2n) is 31.4. The smallest absolute Gasteiger partial charge is 0.207 e. The van der Waals surface area contributed by atoms with Crippen molar-refractivity contribution in [2.24, 2.45) is 0 Å². The van der Waals surface area contributed by atoms with Crippen molar-refractivity contribution in [2.45, 2.75) is 115 Å². The minimum absolute atomic E-state index is 0.148. The molecule has 0 spiro atoms. The van der Waals surface area contributed by atoms with Gasteiger partial charge in [0.1, 0.15) is 127 Å². The summed E-state index contributed by atoms with van der Waals surface area (Å²) in [6.07, 6.45) is -14.4. The first-order valence-corrected chi connectivity index (χ1v) is 44.1. The minimum Gasteiger partial charge on any atom is -0.207 e. The zero-order valence-corrected chi connectivity index (χ0v) is 74.3. The second-order valence-corrected chi connectivity index (χ2v) is 39.6. The molecular formula is C92H48B2F40S5. The third-order valence-electron chi connectivity index (χ3n) is 22.3. The number of hydrogen-bond donors (Lipinski definition) is 0. The molecule has 0 amide bonds. The molecule has 14 aromatic rings. The summed E-state index contributed by atoms with van der Waals surface area (Å²) in [7, 11) is -0.296. The van der Waals surface area contributed by atoms with Crippen LogP contribution in [0.2, 0.25) is 0 Å². The molecule has 0 atom stereocenters. The van der Waals surface area contributed by atoms with Crippen LogP contribution >= 0.6 is 34.4 Å². The predicted molar refractivity (Wildman–Crippen MR) is 438 cm³/mol. The summed E-state index contributed by atoms with van der Waals surface area (Å²) in [5.41, 5.74) is -23.1. The highest BCUT2D eigenvalue weighted by molar-refractivity contribution is 8.04. The van der Waals surface area contributed by atoms with E-state index < -0.39 is 289 Å². The Labute approximate surface area is 775 Å². The molecule has 0 unspecified atom stereocenters. The molecule has 47 heteroatoms. The zero-order valence-electron chi connectivity index (χ0n) is 70.2. The molecule has 12 aromatic carbocycles. The number of benzene rings is 12. The third kappa shape index (κ3) is 17.9. The van der Waals surface area contributed by atoms with Crippen LogP contribution in [0.3, 0.4) is 0 Å². The summed E-state index contributed by atoms with van der Waals surface area (Å²) in [6.45, 7) is 18.2. The summed E-state index contributed by atoms with van der Waals surface area (Å²) in [5, 5.41) is 0. The van der Waals surface area contributed by atoms with Gasteiger partial charge in [-0.3, -0.25) is 0 Å². The van der Waals surface area contributed by atoms with E-state index in [2.05, 4.69) is 177 Å². The van der Waals surface area contributed by atoms with E-state index in [0.29, 0.717) is 23.7 Å². The Morgan fingerprint density at radius 1 is 0.165 bits per heavy atom. The summed E-state index contributed by atoms with van der Waals surface area (Å²) < 4.78 is 593. The van der Waals surface area contributed by atoms with E-state index in [1.165, 1.54) is 58.7 Å². The molecule has 0 saturated carbocycles. The average Bonchev–Trinajstić information content (AvgIpc) is 0.809. The van der Waals surface area contributed by atoms with E-state index >= 15 is 70.2 Å². The highest BCUT2D eigenvalue weighted by atomic mass is 32.2. The van der Waals surface area contributed by atoms with Gasteiger partial charge in [0.2, 0.25) is 8.42 Å². The molecule has 0 aliphatic carbocycles. The van der Waals surface area contributed by atoms with Gasteiger partial charge in [0.25, 0.3) is 0 Å². The number of hydrogen-bond acceptors (Lipinski definition) is 3. The molecule has 0 N–H and O–H groups in total. The van der Waals surface area contributed by atoms with Crippen molar-refractivity contribution in [1.82, 2.24) is 0 Å². The van der Waals surface area contributed by atoms with Gasteiger partial charge < -0.3 is 0 Å². The van der Waals surface area contributed by atoms with Gasteiger partial charge in [-0.1, -0.05) is 138 Å². The normalized spacial score (nSPS) is 12.0. The van der Waals surface area contributed by atoms with Crippen LogP contribution in [0.1, 0.15) is 101 Å². The Balaban J connectivity index is 0.000000187. The van der Waals surface area contributed by atoms with Gasteiger partial charge in [-0.15, -0.1) is 43.7 Å². The van der Waals surface area contributed by atoms with Crippen LogP contribution in [0, 0.1) is 233 Å². The molecule has 2 aromatic heterocycles. The Morgan fingerprint density at radius 2 is 0.281 bits per heavy atom. The number of thiophene rings is 2. The van der Waals surface area contributed by atoms with Gasteiger partial charge in [0.05, 0.1) is 8.42 Å². The zero-order chi connectivity index (χ0) is 103. The predicted octanol–water partition coefficient (Wildman–Crippen LogP) is 26.3. The standard InChI is InChI=1S/C44H48S5.2C24BF20/c1-29(2)33-9-17-37(18-10-33)48(38-19-11-34(12-20-38)30(3)4)43-27-25-41(46-43)45-42-26-28-44(47-42)49(39-21-13-35(14-22-39)31(5)6)40-23-15-36(16-24-40)32(7)8;2*26-5-1(6(27)14(35)21(42)13(5)34)25(2-7(28)15(36)22(43)16(37)8(2)29,3-9(30)17(38)23(44)18(39)10(3)31)4-11(32)19(40)24(45)20(41)12(4)33/h9-32H,1-8H3;;/q+2;2*-1. The lowest BCUT2D eigenvalue weighted by Crippen LogP contribution is -2.81. The fourth-order valence-corrected chi connectivity index (χ4v) is 24.6. The Bertz CT molecular complexity index is 5920. The molecule has 732 valence electrons. The lowest BCUT2D eigenvalue weighted by Gasteiger charge is -2.44. The number of rotatable bonds is 20. The van der Waals surface area contributed by atoms with Crippen LogP contribution in [-0.4, -0.2) is 12.3 Å². The molecule has 2 heterocycles. The maximum absolute atomic E-state index is 15.4. The number of halogens is 40. The van der Waals surface area contributed by atoms with Gasteiger partial charge in [0.15, 0.2) is 159 Å². The molecule has 14 rings (SSSR count). The van der Waals surface area contributed by atoms with Crippen molar-refractivity contribution < 1.29 is 176 Å².